The number of hydrogen-bond acceptors (Lipinski definition) is 3. The van der Waals surface area contributed by atoms with E-state index in [0.717, 1.165) is 48.5 Å². The standard InChI is InChI=1S/C29H50N2O/c1-20(19-31-16-12-22(13-17-31)30(4)5)25-8-9-26-24-7-6-21-18-23(32)10-14-28(21,2)27(24)11-15-29(25,26)3/h6,20,22-27,32H,7-19H2,1-5H3/t20-,23?,24+,25-,26+,27+,28+,29-/m1/s1. The number of rotatable bonds is 4. The highest BCUT2D eigenvalue weighted by Crippen LogP contribution is 2.67. The maximum absolute atomic E-state index is 10.3. The molecule has 0 radical (unpaired) electrons. The van der Waals surface area contributed by atoms with E-state index >= 15 is 0 Å². The Kier molecular flexibility index (Phi) is 6.34. The van der Waals surface area contributed by atoms with E-state index in [1.165, 1.54) is 71.0 Å². The summed E-state index contributed by atoms with van der Waals surface area (Å²) in [5.41, 5.74) is 2.55. The highest BCUT2D eigenvalue weighted by Gasteiger charge is 2.59. The molecular weight excluding hydrogens is 392 g/mol. The van der Waals surface area contributed by atoms with E-state index in [1.807, 2.05) is 0 Å². The summed E-state index contributed by atoms with van der Waals surface area (Å²) in [5, 5.41) is 10.3. The third kappa shape index (κ3) is 3.83. The van der Waals surface area contributed by atoms with Crippen LogP contribution in [0.25, 0.3) is 0 Å². The molecule has 4 aliphatic carbocycles. The fourth-order valence-corrected chi connectivity index (χ4v) is 9.77. The molecule has 1 N–H and O–H groups in total. The fourth-order valence-electron chi connectivity index (χ4n) is 9.77. The molecule has 0 amide bonds. The summed E-state index contributed by atoms with van der Waals surface area (Å²) in [6.07, 6.45) is 15.5. The molecule has 0 spiro atoms. The van der Waals surface area contributed by atoms with Gasteiger partial charge < -0.3 is 14.9 Å². The molecule has 3 saturated carbocycles. The number of fused-ring (bicyclic) bond motifs is 5. The number of aliphatic hydroxyl groups is 1. The predicted molar refractivity (Wildman–Crippen MR) is 134 cm³/mol. The van der Waals surface area contributed by atoms with Gasteiger partial charge in [0.25, 0.3) is 0 Å². The SMILES string of the molecule is C[C@H](CN1CCC(N(C)C)CC1)[C@H]1CC[C@H]2[C@@H]3CC=C4CC(O)CC[C@]4(C)[C@H]3CC[C@]12C. The summed E-state index contributed by atoms with van der Waals surface area (Å²) < 4.78 is 0. The van der Waals surface area contributed by atoms with Crippen molar-refractivity contribution in [2.45, 2.75) is 97.1 Å². The first-order chi connectivity index (χ1) is 15.2. The number of piperidine rings is 1. The molecular formula is C29H50N2O. The average Bonchev–Trinajstić information content (AvgIpc) is 3.12. The van der Waals surface area contributed by atoms with Crippen LogP contribution in [0.4, 0.5) is 0 Å². The highest BCUT2D eigenvalue weighted by molar-refractivity contribution is 5.25. The van der Waals surface area contributed by atoms with Crippen LogP contribution in [0.2, 0.25) is 0 Å². The largest absolute Gasteiger partial charge is 0.393 e. The van der Waals surface area contributed by atoms with Gasteiger partial charge in [-0.05, 0) is 132 Å². The lowest BCUT2D eigenvalue weighted by molar-refractivity contribution is -0.0590. The van der Waals surface area contributed by atoms with Gasteiger partial charge in [0, 0.05) is 12.6 Å². The average molecular weight is 443 g/mol. The molecule has 8 atom stereocenters. The zero-order valence-electron chi connectivity index (χ0n) is 21.7. The van der Waals surface area contributed by atoms with Gasteiger partial charge in [0.15, 0.2) is 0 Å². The number of hydrogen-bond donors (Lipinski definition) is 1. The molecule has 1 saturated heterocycles. The van der Waals surface area contributed by atoms with E-state index in [2.05, 4.69) is 50.7 Å². The maximum atomic E-state index is 10.3. The lowest BCUT2D eigenvalue weighted by Crippen LogP contribution is -2.51. The molecule has 5 rings (SSSR count). The minimum atomic E-state index is -0.0840. The Balaban J connectivity index is 1.26. The van der Waals surface area contributed by atoms with Gasteiger partial charge in [-0.15, -0.1) is 0 Å². The summed E-state index contributed by atoms with van der Waals surface area (Å²) in [5.74, 6) is 4.42. The van der Waals surface area contributed by atoms with Gasteiger partial charge in [-0.2, -0.15) is 0 Å². The van der Waals surface area contributed by atoms with E-state index < -0.39 is 0 Å². The van der Waals surface area contributed by atoms with Crippen molar-refractivity contribution >= 4 is 0 Å². The Hall–Kier alpha value is -0.380. The lowest BCUT2D eigenvalue weighted by atomic mass is 9.47. The van der Waals surface area contributed by atoms with Crippen molar-refractivity contribution in [1.82, 2.24) is 9.80 Å². The number of likely N-dealkylation sites (tertiary alicyclic amines) is 1. The van der Waals surface area contributed by atoms with Crippen molar-refractivity contribution in [3.05, 3.63) is 11.6 Å². The molecule has 0 bridgehead atoms. The van der Waals surface area contributed by atoms with Crippen LogP contribution in [0.15, 0.2) is 11.6 Å². The van der Waals surface area contributed by atoms with Crippen LogP contribution in [-0.2, 0) is 0 Å². The first-order valence-corrected chi connectivity index (χ1v) is 14.0. The van der Waals surface area contributed by atoms with Crippen LogP contribution in [0, 0.1) is 40.4 Å². The van der Waals surface area contributed by atoms with Crippen molar-refractivity contribution < 1.29 is 5.11 Å². The Bertz CT molecular complexity index is 710. The van der Waals surface area contributed by atoms with Crippen LogP contribution >= 0.6 is 0 Å². The van der Waals surface area contributed by atoms with Crippen molar-refractivity contribution in [1.29, 1.82) is 0 Å². The molecule has 4 fully saturated rings. The predicted octanol–water partition coefficient (Wildman–Crippen LogP) is 5.59. The van der Waals surface area contributed by atoms with E-state index in [-0.39, 0.29) is 6.10 Å². The molecule has 5 aliphatic rings. The summed E-state index contributed by atoms with van der Waals surface area (Å²) in [7, 11) is 4.50. The third-order valence-corrected chi connectivity index (χ3v) is 11.7. The Morgan fingerprint density at radius 2 is 1.78 bits per heavy atom. The van der Waals surface area contributed by atoms with Crippen molar-refractivity contribution in [2.24, 2.45) is 40.4 Å². The van der Waals surface area contributed by atoms with Gasteiger partial charge >= 0.3 is 0 Å². The second kappa shape index (κ2) is 8.68. The first-order valence-electron chi connectivity index (χ1n) is 14.0. The zero-order valence-corrected chi connectivity index (χ0v) is 21.7. The van der Waals surface area contributed by atoms with Crippen molar-refractivity contribution in [3.63, 3.8) is 0 Å². The van der Waals surface area contributed by atoms with Gasteiger partial charge in [-0.1, -0.05) is 32.4 Å². The quantitative estimate of drug-likeness (QED) is 0.575. The van der Waals surface area contributed by atoms with Crippen LogP contribution < -0.4 is 0 Å². The monoisotopic (exact) mass is 442 g/mol. The van der Waals surface area contributed by atoms with E-state index in [9.17, 15) is 5.11 Å². The molecule has 1 unspecified atom stereocenters. The van der Waals surface area contributed by atoms with Crippen molar-refractivity contribution in [2.75, 3.05) is 33.7 Å². The second-order valence-corrected chi connectivity index (χ2v) is 13.4. The molecule has 1 aliphatic heterocycles. The summed E-state index contributed by atoms with van der Waals surface area (Å²) in [4.78, 5) is 5.22. The van der Waals surface area contributed by atoms with Gasteiger partial charge in [0.2, 0.25) is 0 Å². The topological polar surface area (TPSA) is 26.7 Å². The molecule has 3 heteroatoms. The molecule has 0 aromatic rings. The molecule has 32 heavy (non-hydrogen) atoms. The molecule has 0 aromatic heterocycles. The number of allylic oxidation sites excluding steroid dienone is 1. The minimum Gasteiger partial charge on any atom is -0.393 e. The number of aliphatic hydroxyl groups excluding tert-OH is 1. The van der Waals surface area contributed by atoms with Gasteiger partial charge in [0.1, 0.15) is 0 Å². The third-order valence-electron chi connectivity index (χ3n) is 11.7. The fraction of sp³-hybridized carbons (Fsp3) is 0.931. The summed E-state index contributed by atoms with van der Waals surface area (Å²) in [6.45, 7) is 11.8. The van der Waals surface area contributed by atoms with Crippen LogP contribution in [-0.4, -0.2) is 60.8 Å². The molecule has 0 aromatic carbocycles. The maximum Gasteiger partial charge on any atom is 0.0577 e. The summed E-state index contributed by atoms with van der Waals surface area (Å²) in [6, 6.07) is 0.789. The Morgan fingerprint density at radius 3 is 2.50 bits per heavy atom. The first kappa shape index (κ1) is 23.4. The lowest BCUT2D eigenvalue weighted by Gasteiger charge is -2.58. The highest BCUT2D eigenvalue weighted by atomic mass is 16.3. The van der Waals surface area contributed by atoms with Gasteiger partial charge in [-0.3, -0.25) is 0 Å². The zero-order chi connectivity index (χ0) is 22.7. The van der Waals surface area contributed by atoms with Gasteiger partial charge in [-0.25, -0.2) is 0 Å². The van der Waals surface area contributed by atoms with Gasteiger partial charge in [0.05, 0.1) is 6.10 Å². The van der Waals surface area contributed by atoms with Crippen LogP contribution in [0.3, 0.4) is 0 Å². The smallest absolute Gasteiger partial charge is 0.0577 e. The summed E-state index contributed by atoms with van der Waals surface area (Å²) >= 11 is 0. The number of nitrogens with zero attached hydrogens (tertiary/aromatic N) is 2. The van der Waals surface area contributed by atoms with Crippen LogP contribution in [0.1, 0.15) is 85.0 Å². The Morgan fingerprint density at radius 1 is 1.03 bits per heavy atom. The molecule has 1 heterocycles. The van der Waals surface area contributed by atoms with E-state index in [4.69, 9.17) is 0 Å². The Labute approximate surface area is 198 Å². The molecule has 3 nitrogen and oxygen atoms in total. The normalized spacial score (nSPS) is 46.3. The minimum absolute atomic E-state index is 0.0840. The molecule has 182 valence electrons. The van der Waals surface area contributed by atoms with Crippen molar-refractivity contribution in [3.8, 4) is 0 Å². The van der Waals surface area contributed by atoms with E-state index in [1.54, 1.807) is 5.57 Å². The second-order valence-electron chi connectivity index (χ2n) is 13.4. The van der Waals surface area contributed by atoms with E-state index in [0.29, 0.717) is 10.8 Å². The van der Waals surface area contributed by atoms with Crippen LogP contribution in [0.5, 0.6) is 0 Å².